The molecule has 3 N–H and O–H groups in total. The summed E-state index contributed by atoms with van der Waals surface area (Å²) in [5.41, 5.74) is 13.5. The molecule has 8 heteroatoms. The maximum Gasteiger partial charge on any atom is 0.306 e. The molecule has 2 heterocycles. The minimum atomic E-state index is -0.769. The van der Waals surface area contributed by atoms with Crippen LogP contribution in [0.1, 0.15) is 74.0 Å². The fourth-order valence-electron chi connectivity index (χ4n) is 5.14. The molecule has 6 nitrogen and oxygen atoms in total. The van der Waals surface area contributed by atoms with Crippen LogP contribution in [0.2, 0.25) is 0 Å². The molecule has 0 bridgehead atoms. The number of aliphatic carboxylic acids is 1. The minimum Gasteiger partial charge on any atom is -0.481 e. The van der Waals surface area contributed by atoms with Crippen LogP contribution < -0.4 is 5.73 Å². The summed E-state index contributed by atoms with van der Waals surface area (Å²) < 4.78 is 0. The van der Waals surface area contributed by atoms with Crippen LogP contribution >= 0.6 is 24.8 Å². The molecule has 1 unspecified atom stereocenters. The second-order valence-electron chi connectivity index (χ2n) is 9.98. The van der Waals surface area contributed by atoms with E-state index in [-0.39, 0.29) is 42.6 Å². The molecule has 1 aromatic carbocycles. The standard InChI is InChI=1S/C28H39N3O3.2ClH/c1-6-22(27(32)31-13-11-21(12-14-31)28(33)34)25-19(5)30-24(15-17(2)3)23(16-29)26(25)20-9-7-18(4)8-10-20;;/h7-10,17,21-22H,6,11-16,29H2,1-5H3,(H,33,34);2*1H. The van der Waals surface area contributed by atoms with Gasteiger partial charge in [0.2, 0.25) is 5.91 Å². The van der Waals surface area contributed by atoms with E-state index >= 15 is 0 Å². The fourth-order valence-corrected chi connectivity index (χ4v) is 5.14. The molecular formula is C28H41Cl2N3O3. The first-order valence-electron chi connectivity index (χ1n) is 12.5. The average Bonchev–Trinajstić information content (AvgIpc) is 2.80. The number of carboxylic acids is 1. The first-order chi connectivity index (χ1) is 16.2. The molecule has 3 rings (SSSR count). The molecule has 0 saturated carbocycles. The van der Waals surface area contributed by atoms with Crippen molar-refractivity contribution < 1.29 is 14.7 Å². The maximum absolute atomic E-state index is 13.8. The van der Waals surface area contributed by atoms with Crippen LogP contribution in [0.15, 0.2) is 24.3 Å². The van der Waals surface area contributed by atoms with Gasteiger partial charge in [-0.2, -0.15) is 0 Å². The Morgan fingerprint density at radius 1 is 1.11 bits per heavy atom. The number of aryl methyl sites for hydroxylation is 2. The lowest BCUT2D eigenvalue weighted by Crippen LogP contribution is -2.42. The van der Waals surface area contributed by atoms with Crippen molar-refractivity contribution in [2.24, 2.45) is 17.6 Å². The number of hydrogen-bond acceptors (Lipinski definition) is 4. The average molecular weight is 539 g/mol. The zero-order valence-electron chi connectivity index (χ0n) is 22.0. The van der Waals surface area contributed by atoms with Crippen LogP contribution in [0.5, 0.6) is 0 Å². The van der Waals surface area contributed by atoms with Crippen molar-refractivity contribution in [3.05, 3.63) is 52.3 Å². The van der Waals surface area contributed by atoms with E-state index in [1.807, 2.05) is 18.7 Å². The summed E-state index contributed by atoms with van der Waals surface area (Å²) in [7, 11) is 0. The Hall–Kier alpha value is -2.15. The van der Waals surface area contributed by atoms with Gasteiger partial charge in [0.1, 0.15) is 0 Å². The molecule has 1 aromatic heterocycles. The monoisotopic (exact) mass is 537 g/mol. The summed E-state index contributed by atoms with van der Waals surface area (Å²) in [6.07, 6.45) is 2.48. The fraction of sp³-hybridized carbons (Fsp3) is 0.536. The quantitative estimate of drug-likeness (QED) is 0.451. The third-order valence-electron chi connectivity index (χ3n) is 6.97. The summed E-state index contributed by atoms with van der Waals surface area (Å²) in [5.74, 6) is -0.982. The highest BCUT2D eigenvalue weighted by atomic mass is 35.5. The number of likely N-dealkylation sites (tertiary alicyclic amines) is 1. The topological polar surface area (TPSA) is 96.5 Å². The predicted molar refractivity (Wildman–Crippen MR) is 150 cm³/mol. The molecule has 1 aliphatic rings. The van der Waals surface area contributed by atoms with Crippen LogP contribution in [-0.4, -0.2) is 40.0 Å². The number of rotatable bonds is 8. The second kappa shape index (κ2) is 14.0. The first-order valence-corrected chi connectivity index (χ1v) is 12.5. The van der Waals surface area contributed by atoms with Crippen LogP contribution in [0.4, 0.5) is 0 Å². The number of amides is 1. The van der Waals surface area contributed by atoms with Gasteiger partial charge in [0.15, 0.2) is 0 Å². The lowest BCUT2D eigenvalue weighted by Gasteiger charge is -2.34. The van der Waals surface area contributed by atoms with Crippen LogP contribution in [0, 0.1) is 25.7 Å². The lowest BCUT2D eigenvalue weighted by molar-refractivity contribution is -0.146. The van der Waals surface area contributed by atoms with Crippen molar-refractivity contribution >= 4 is 36.7 Å². The van der Waals surface area contributed by atoms with E-state index < -0.39 is 5.97 Å². The number of nitrogens with zero attached hydrogens (tertiary/aromatic N) is 2. The summed E-state index contributed by atoms with van der Waals surface area (Å²) in [4.78, 5) is 32.0. The zero-order chi connectivity index (χ0) is 25.0. The van der Waals surface area contributed by atoms with Crippen LogP contribution in [-0.2, 0) is 22.6 Å². The first kappa shape index (κ1) is 31.9. The van der Waals surface area contributed by atoms with Gasteiger partial charge in [0.05, 0.1) is 11.8 Å². The van der Waals surface area contributed by atoms with E-state index in [9.17, 15) is 14.7 Å². The van der Waals surface area contributed by atoms with Gasteiger partial charge in [-0.3, -0.25) is 14.6 Å². The van der Waals surface area contributed by atoms with E-state index in [1.165, 1.54) is 5.56 Å². The summed E-state index contributed by atoms with van der Waals surface area (Å²) in [5, 5.41) is 9.34. The van der Waals surface area contributed by atoms with Gasteiger partial charge in [-0.25, -0.2) is 0 Å². The number of halogens is 2. The van der Waals surface area contributed by atoms with Crippen molar-refractivity contribution in [3.8, 4) is 11.1 Å². The Balaban J connectivity index is 0.00000324. The molecule has 1 fully saturated rings. The highest BCUT2D eigenvalue weighted by Gasteiger charge is 2.34. The van der Waals surface area contributed by atoms with Crippen molar-refractivity contribution in [2.45, 2.75) is 72.8 Å². The van der Waals surface area contributed by atoms with Crippen molar-refractivity contribution in [1.82, 2.24) is 9.88 Å². The number of carboxylic acid groups (broad SMARTS) is 1. The molecule has 0 spiro atoms. The Morgan fingerprint density at radius 3 is 2.17 bits per heavy atom. The molecule has 1 atom stereocenters. The number of carbonyl (C=O) groups is 2. The van der Waals surface area contributed by atoms with Crippen molar-refractivity contribution in [1.29, 1.82) is 0 Å². The van der Waals surface area contributed by atoms with E-state index in [0.717, 1.165) is 40.1 Å². The largest absolute Gasteiger partial charge is 0.481 e. The molecule has 1 saturated heterocycles. The summed E-state index contributed by atoms with van der Waals surface area (Å²) in [6, 6.07) is 8.41. The van der Waals surface area contributed by atoms with Gasteiger partial charge in [0, 0.05) is 31.0 Å². The Labute approximate surface area is 227 Å². The zero-order valence-corrected chi connectivity index (χ0v) is 23.7. The number of nitrogens with two attached hydrogens (primary N) is 1. The highest BCUT2D eigenvalue weighted by Crippen LogP contribution is 2.39. The summed E-state index contributed by atoms with van der Waals surface area (Å²) >= 11 is 0. The van der Waals surface area contributed by atoms with Gasteiger partial charge in [-0.1, -0.05) is 50.6 Å². The van der Waals surface area contributed by atoms with Gasteiger partial charge in [0.25, 0.3) is 0 Å². The van der Waals surface area contributed by atoms with E-state index in [1.54, 1.807) is 0 Å². The maximum atomic E-state index is 13.8. The number of piperidine rings is 1. The Bertz CT molecular complexity index is 1030. The normalized spacial score (nSPS) is 14.7. The third kappa shape index (κ3) is 6.99. The third-order valence-corrected chi connectivity index (χ3v) is 6.97. The predicted octanol–water partition coefficient (Wildman–Crippen LogP) is 5.68. The highest BCUT2D eigenvalue weighted by molar-refractivity contribution is 5.88. The van der Waals surface area contributed by atoms with E-state index in [2.05, 4.69) is 45.0 Å². The van der Waals surface area contributed by atoms with Gasteiger partial charge in [-0.05, 0) is 67.7 Å². The van der Waals surface area contributed by atoms with E-state index in [4.69, 9.17) is 10.7 Å². The molecule has 1 aliphatic heterocycles. The second-order valence-corrected chi connectivity index (χ2v) is 9.98. The smallest absolute Gasteiger partial charge is 0.306 e. The van der Waals surface area contributed by atoms with Crippen molar-refractivity contribution in [2.75, 3.05) is 13.1 Å². The number of aromatic nitrogens is 1. The molecule has 1 amide bonds. The van der Waals surface area contributed by atoms with Crippen LogP contribution in [0.25, 0.3) is 11.1 Å². The SMILES string of the molecule is CCC(C(=O)N1CCC(C(=O)O)CC1)c1c(C)nc(CC(C)C)c(CN)c1-c1ccc(C)cc1.Cl.Cl. The number of carbonyl (C=O) groups excluding carboxylic acids is 1. The Kier molecular flexibility index (Phi) is 12.4. The van der Waals surface area contributed by atoms with Gasteiger partial charge < -0.3 is 15.7 Å². The van der Waals surface area contributed by atoms with Gasteiger partial charge >= 0.3 is 5.97 Å². The number of hydrogen-bond donors (Lipinski definition) is 2. The number of pyridine rings is 1. The number of benzene rings is 1. The molecule has 0 radical (unpaired) electrons. The Morgan fingerprint density at radius 2 is 1.69 bits per heavy atom. The molecular weight excluding hydrogens is 497 g/mol. The lowest BCUT2D eigenvalue weighted by atomic mass is 9.82. The molecule has 2 aromatic rings. The van der Waals surface area contributed by atoms with E-state index in [0.29, 0.717) is 44.8 Å². The van der Waals surface area contributed by atoms with Crippen molar-refractivity contribution in [3.63, 3.8) is 0 Å². The molecule has 36 heavy (non-hydrogen) atoms. The van der Waals surface area contributed by atoms with Gasteiger partial charge in [-0.15, -0.1) is 24.8 Å². The minimum absolute atomic E-state index is 0. The molecule has 0 aliphatic carbocycles. The molecule has 200 valence electrons. The summed E-state index contributed by atoms with van der Waals surface area (Å²) in [6.45, 7) is 11.8. The van der Waals surface area contributed by atoms with Crippen LogP contribution in [0.3, 0.4) is 0 Å².